The fraction of sp³-hybridized carbons (Fsp3) is 0.200. The fourth-order valence-corrected chi connectivity index (χ4v) is 4.44. The number of rotatable bonds is 3. The maximum atomic E-state index is 4.98. The number of aromatic amines is 1. The molecule has 1 aliphatic heterocycles. The van der Waals surface area contributed by atoms with Crippen molar-refractivity contribution < 1.29 is 0 Å². The predicted molar refractivity (Wildman–Crippen MR) is 108 cm³/mol. The van der Waals surface area contributed by atoms with E-state index in [1.807, 2.05) is 24.3 Å². The summed E-state index contributed by atoms with van der Waals surface area (Å²) in [5.74, 6) is 0.846. The summed E-state index contributed by atoms with van der Waals surface area (Å²) in [6.07, 6.45) is 0. The second kappa shape index (κ2) is 6.55. The smallest absolute Gasteiger partial charge is 0.160 e. The number of nitrogens with zero attached hydrogens (tertiary/aromatic N) is 3. The first-order valence-corrected chi connectivity index (χ1v) is 9.67. The van der Waals surface area contributed by atoms with E-state index in [-0.39, 0.29) is 0 Å². The molecular weight excluding hydrogens is 342 g/mol. The van der Waals surface area contributed by atoms with Crippen LogP contribution in [0.2, 0.25) is 0 Å². The normalized spacial score (nSPS) is 14.8. The summed E-state index contributed by atoms with van der Waals surface area (Å²) >= 11 is 1.75. The number of hydrogen-bond donors (Lipinski definition) is 2. The summed E-state index contributed by atoms with van der Waals surface area (Å²) < 4.78 is 0. The summed E-state index contributed by atoms with van der Waals surface area (Å²) in [5.41, 5.74) is 4.12. The zero-order chi connectivity index (χ0) is 17.3. The molecule has 0 unspecified atom stereocenters. The maximum absolute atomic E-state index is 4.98. The van der Waals surface area contributed by atoms with Crippen molar-refractivity contribution in [2.24, 2.45) is 0 Å². The first-order valence-electron chi connectivity index (χ1n) is 8.85. The van der Waals surface area contributed by atoms with E-state index in [1.54, 1.807) is 11.3 Å². The molecule has 1 saturated heterocycles. The zero-order valence-corrected chi connectivity index (χ0v) is 15.1. The van der Waals surface area contributed by atoms with Gasteiger partial charge in [-0.05, 0) is 12.1 Å². The van der Waals surface area contributed by atoms with Crippen LogP contribution in [0.15, 0.2) is 54.6 Å². The molecule has 4 aromatic rings. The van der Waals surface area contributed by atoms with Crippen molar-refractivity contribution in [3.05, 3.63) is 54.6 Å². The van der Waals surface area contributed by atoms with E-state index in [9.17, 15) is 0 Å². The van der Waals surface area contributed by atoms with E-state index in [4.69, 9.17) is 9.97 Å². The van der Waals surface area contributed by atoms with E-state index in [2.05, 4.69) is 45.5 Å². The largest absolute Gasteiger partial charge is 0.359 e. The number of anilines is 1. The minimum Gasteiger partial charge on any atom is -0.359 e. The average molecular weight is 361 g/mol. The maximum Gasteiger partial charge on any atom is 0.160 e. The highest BCUT2D eigenvalue weighted by atomic mass is 32.1. The lowest BCUT2D eigenvalue weighted by Crippen LogP contribution is -2.43. The molecule has 6 heteroatoms. The third-order valence-corrected chi connectivity index (χ3v) is 5.81. The van der Waals surface area contributed by atoms with Gasteiger partial charge in [0.05, 0.1) is 11.0 Å². The van der Waals surface area contributed by atoms with Crippen LogP contribution in [-0.2, 0) is 0 Å². The molecule has 0 radical (unpaired) electrons. The molecule has 0 saturated carbocycles. The Morgan fingerprint density at radius 2 is 1.65 bits per heavy atom. The van der Waals surface area contributed by atoms with Gasteiger partial charge in [-0.3, -0.25) is 0 Å². The highest BCUT2D eigenvalue weighted by Crippen LogP contribution is 2.39. The molecule has 1 fully saturated rings. The van der Waals surface area contributed by atoms with Gasteiger partial charge in [0, 0.05) is 31.7 Å². The van der Waals surface area contributed by atoms with Crippen LogP contribution in [0, 0.1) is 0 Å². The van der Waals surface area contributed by atoms with Crippen molar-refractivity contribution >= 4 is 27.4 Å². The lowest BCUT2D eigenvalue weighted by Gasteiger charge is -2.28. The SMILES string of the molecule is c1ccc(-c2nc(-c3nc4ccccc4[nH]3)c(N3CCNCC3)s2)cc1. The Labute approximate surface area is 155 Å². The fourth-order valence-electron chi connectivity index (χ4n) is 3.32. The third kappa shape index (κ3) is 2.77. The molecule has 2 N–H and O–H groups in total. The Kier molecular flexibility index (Phi) is 3.92. The van der Waals surface area contributed by atoms with E-state index in [1.165, 1.54) is 5.00 Å². The highest BCUT2D eigenvalue weighted by molar-refractivity contribution is 7.19. The number of H-pyrrole nitrogens is 1. The van der Waals surface area contributed by atoms with Crippen LogP contribution >= 0.6 is 11.3 Å². The van der Waals surface area contributed by atoms with Gasteiger partial charge in [0.15, 0.2) is 5.82 Å². The average Bonchev–Trinajstić information content (AvgIpc) is 3.33. The van der Waals surface area contributed by atoms with E-state index >= 15 is 0 Å². The number of nitrogens with one attached hydrogen (secondary N) is 2. The van der Waals surface area contributed by atoms with Crippen LogP contribution in [0.25, 0.3) is 33.1 Å². The van der Waals surface area contributed by atoms with E-state index in [0.717, 1.165) is 59.3 Å². The summed E-state index contributed by atoms with van der Waals surface area (Å²) in [7, 11) is 0. The number of para-hydroxylation sites is 2. The molecule has 5 rings (SSSR count). The monoisotopic (exact) mass is 361 g/mol. The van der Waals surface area contributed by atoms with Gasteiger partial charge in [0.1, 0.15) is 15.7 Å². The summed E-state index contributed by atoms with van der Waals surface area (Å²) in [6.45, 7) is 3.98. The van der Waals surface area contributed by atoms with Crippen LogP contribution in [0.4, 0.5) is 5.00 Å². The van der Waals surface area contributed by atoms with Crippen molar-refractivity contribution in [3.63, 3.8) is 0 Å². The minimum absolute atomic E-state index is 0.846. The lowest BCUT2D eigenvalue weighted by atomic mass is 10.2. The Morgan fingerprint density at radius 1 is 0.885 bits per heavy atom. The molecular formula is C20H19N5S. The second-order valence-corrected chi connectivity index (χ2v) is 7.36. The molecule has 26 heavy (non-hydrogen) atoms. The highest BCUT2D eigenvalue weighted by Gasteiger charge is 2.23. The first kappa shape index (κ1) is 15.5. The van der Waals surface area contributed by atoms with Gasteiger partial charge in [-0.25, -0.2) is 9.97 Å². The number of piperazine rings is 1. The Bertz CT molecular complexity index is 998. The number of aromatic nitrogens is 3. The van der Waals surface area contributed by atoms with Crippen LogP contribution in [0.3, 0.4) is 0 Å². The number of benzene rings is 2. The number of hydrogen-bond acceptors (Lipinski definition) is 5. The first-order chi connectivity index (χ1) is 12.9. The number of imidazole rings is 1. The van der Waals surface area contributed by atoms with Gasteiger partial charge in [-0.15, -0.1) is 0 Å². The summed E-state index contributed by atoms with van der Waals surface area (Å²) in [4.78, 5) is 15.6. The van der Waals surface area contributed by atoms with Crippen molar-refractivity contribution in [2.45, 2.75) is 0 Å². The topological polar surface area (TPSA) is 56.8 Å². The van der Waals surface area contributed by atoms with E-state index < -0.39 is 0 Å². The third-order valence-electron chi connectivity index (χ3n) is 4.65. The van der Waals surface area contributed by atoms with Gasteiger partial charge < -0.3 is 15.2 Å². The number of thiazole rings is 1. The van der Waals surface area contributed by atoms with Gasteiger partial charge in [-0.2, -0.15) is 0 Å². The van der Waals surface area contributed by atoms with Gasteiger partial charge in [-0.1, -0.05) is 53.8 Å². The zero-order valence-electron chi connectivity index (χ0n) is 14.3. The minimum atomic E-state index is 0.846. The van der Waals surface area contributed by atoms with Gasteiger partial charge in [0.2, 0.25) is 0 Å². The van der Waals surface area contributed by atoms with Crippen LogP contribution in [0.5, 0.6) is 0 Å². The van der Waals surface area contributed by atoms with Crippen LogP contribution in [0.1, 0.15) is 0 Å². The molecule has 2 aromatic carbocycles. The molecule has 2 aromatic heterocycles. The van der Waals surface area contributed by atoms with Gasteiger partial charge >= 0.3 is 0 Å². The Balaban J connectivity index is 1.65. The molecule has 0 aliphatic carbocycles. The predicted octanol–water partition coefficient (Wildman–Crippen LogP) is 3.76. The molecule has 0 amide bonds. The standard InChI is InChI=1S/C20H19N5S/c1-2-6-14(7-3-1)19-24-17(20(26-19)25-12-10-21-11-13-25)18-22-15-8-4-5-9-16(15)23-18/h1-9,21H,10-13H2,(H,22,23). The van der Waals surface area contributed by atoms with Crippen molar-refractivity contribution in [1.82, 2.24) is 20.3 Å². The van der Waals surface area contributed by atoms with Crippen LogP contribution < -0.4 is 10.2 Å². The quantitative estimate of drug-likeness (QED) is 0.583. The second-order valence-electron chi connectivity index (χ2n) is 6.38. The number of fused-ring (bicyclic) bond motifs is 1. The molecule has 0 bridgehead atoms. The van der Waals surface area contributed by atoms with Crippen LogP contribution in [-0.4, -0.2) is 41.1 Å². The summed E-state index contributed by atoms with van der Waals surface area (Å²) in [6, 6.07) is 18.5. The summed E-state index contributed by atoms with van der Waals surface area (Å²) in [5, 5.41) is 5.66. The van der Waals surface area contributed by atoms with Crippen molar-refractivity contribution in [1.29, 1.82) is 0 Å². The molecule has 5 nitrogen and oxygen atoms in total. The Hall–Kier alpha value is -2.70. The molecule has 0 atom stereocenters. The molecule has 3 heterocycles. The lowest BCUT2D eigenvalue weighted by molar-refractivity contribution is 0.592. The molecule has 1 aliphatic rings. The van der Waals surface area contributed by atoms with E-state index in [0.29, 0.717) is 0 Å². The van der Waals surface area contributed by atoms with Crippen molar-refractivity contribution in [2.75, 3.05) is 31.1 Å². The van der Waals surface area contributed by atoms with Crippen molar-refractivity contribution in [3.8, 4) is 22.1 Å². The Morgan fingerprint density at radius 3 is 2.46 bits per heavy atom. The van der Waals surface area contributed by atoms with Gasteiger partial charge in [0.25, 0.3) is 0 Å². The molecule has 130 valence electrons. The molecule has 0 spiro atoms.